The van der Waals surface area contributed by atoms with Crippen LogP contribution in [0.1, 0.15) is 16.9 Å². The molecule has 3 nitrogen and oxygen atoms in total. The fourth-order valence-corrected chi connectivity index (χ4v) is 4.25. The van der Waals surface area contributed by atoms with Gasteiger partial charge in [-0.15, -0.1) is 11.3 Å². The second kappa shape index (κ2) is 10.1. The smallest absolute Gasteiger partial charge is 0.225 e. The average molecular weight is 501 g/mol. The number of ketones is 1. The summed E-state index contributed by atoms with van der Waals surface area (Å²) in [6, 6.07) is 9.58. The quantitative estimate of drug-likeness (QED) is 0.411. The lowest BCUT2D eigenvalue weighted by atomic mass is 10.1. The molecule has 0 aliphatic rings. The first kappa shape index (κ1) is 20.2. The number of amides is 1. The van der Waals surface area contributed by atoms with E-state index in [0.29, 0.717) is 11.3 Å². The van der Waals surface area contributed by atoms with Crippen LogP contribution in [0.5, 0.6) is 0 Å². The van der Waals surface area contributed by atoms with Gasteiger partial charge in [0.2, 0.25) is 5.91 Å². The molecule has 7 heteroatoms. The van der Waals surface area contributed by atoms with Gasteiger partial charge in [-0.05, 0) is 41.3 Å². The SMILES string of the molecule is O=C(/C=C/c1cc(Br)cc(Br)c1)CC(=S)CNC(=O)Cc1cccs1. The van der Waals surface area contributed by atoms with Gasteiger partial charge in [-0.2, -0.15) is 0 Å². The van der Waals surface area contributed by atoms with Crippen molar-refractivity contribution in [2.45, 2.75) is 12.8 Å². The van der Waals surface area contributed by atoms with Gasteiger partial charge in [-0.25, -0.2) is 0 Å². The molecule has 1 amide bonds. The van der Waals surface area contributed by atoms with Crippen molar-refractivity contribution in [1.29, 1.82) is 0 Å². The summed E-state index contributed by atoms with van der Waals surface area (Å²) in [5.41, 5.74) is 0.907. The molecule has 1 N–H and O–H groups in total. The van der Waals surface area contributed by atoms with E-state index in [9.17, 15) is 9.59 Å². The van der Waals surface area contributed by atoms with E-state index in [-0.39, 0.29) is 24.7 Å². The molecule has 1 aromatic heterocycles. The topological polar surface area (TPSA) is 46.2 Å². The van der Waals surface area contributed by atoms with Crippen molar-refractivity contribution in [2.24, 2.45) is 0 Å². The van der Waals surface area contributed by atoms with E-state index in [1.54, 1.807) is 6.08 Å². The summed E-state index contributed by atoms with van der Waals surface area (Å²) in [5.74, 6) is -0.180. The predicted molar refractivity (Wildman–Crippen MR) is 114 cm³/mol. The van der Waals surface area contributed by atoms with Crippen LogP contribution in [0.2, 0.25) is 0 Å². The number of allylic oxidation sites excluding steroid dienone is 1. The number of hydrogen-bond donors (Lipinski definition) is 1. The summed E-state index contributed by atoms with van der Waals surface area (Å²) in [4.78, 5) is 25.3. The zero-order chi connectivity index (χ0) is 18.2. The lowest BCUT2D eigenvalue weighted by Crippen LogP contribution is -2.30. The zero-order valence-electron chi connectivity index (χ0n) is 13.1. The first-order chi connectivity index (χ1) is 11.9. The third kappa shape index (κ3) is 7.73. The molecule has 0 spiro atoms. The van der Waals surface area contributed by atoms with Gasteiger partial charge < -0.3 is 5.32 Å². The number of hydrogen-bond acceptors (Lipinski definition) is 4. The largest absolute Gasteiger partial charge is 0.351 e. The number of halogens is 2. The average Bonchev–Trinajstić information content (AvgIpc) is 3.03. The van der Waals surface area contributed by atoms with Crippen LogP contribution in [-0.4, -0.2) is 23.1 Å². The van der Waals surface area contributed by atoms with Crippen molar-refractivity contribution < 1.29 is 9.59 Å². The number of benzene rings is 1. The van der Waals surface area contributed by atoms with Crippen LogP contribution in [0.25, 0.3) is 6.08 Å². The molecule has 1 heterocycles. The Labute approximate surface area is 172 Å². The molecule has 130 valence electrons. The Morgan fingerprint density at radius 1 is 1.20 bits per heavy atom. The Balaban J connectivity index is 1.76. The van der Waals surface area contributed by atoms with Gasteiger partial charge in [0.25, 0.3) is 0 Å². The Morgan fingerprint density at radius 2 is 1.92 bits per heavy atom. The molecular weight excluding hydrogens is 486 g/mol. The van der Waals surface area contributed by atoms with E-state index < -0.39 is 0 Å². The van der Waals surface area contributed by atoms with E-state index in [1.165, 1.54) is 17.4 Å². The summed E-state index contributed by atoms with van der Waals surface area (Å²) in [6.07, 6.45) is 3.73. The molecule has 0 aliphatic heterocycles. The van der Waals surface area contributed by atoms with E-state index in [4.69, 9.17) is 12.2 Å². The Kier molecular flexibility index (Phi) is 8.15. The predicted octanol–water partition coefficient (Wildman–Crippen LogP) is 4.97. The normalized spacial score (nSPS) is 10.8. The third-order valence-corrected chi connectivity index (χ3v) is 5.20. The van der Waals surface area contributed by atoms with Gasteiger partial charge in [0.15, 0.2) is 5.78 Å². The minimum absolute atomic E-state index is 0.0893. The van der Waals surface area contributed by atoms with Crippen LogP contribution < -0.4 is 5.32 Å². The fourth-order valence-electron chi connectivity index (χ4n) is 2.01. The number of rotatable bonds is 8. The Hall–Kier alpha value is -1.15. The van der Waals surface area contributed by atoms with Crippen molar-refractivity contribution in [2.75, 3.05) is 6.54 Å². The number of thiocarbonyl (C=S) groups is 1. The van der Waals surface area contributed by atoms with Crippen molar-refractivity contribution in [3.05, 3.63) is 61.2 Å². The molecular formula is C18H15Br2NO2S2. The second-order valence-electron chi connectivity index (χ2n) is 5.25. The van der Waals surface area contributed by atoms with Crippen LogP contribution in [0.4, 0.5) is 0 Å². The van der Waals surface area contributed by atoms with Gasteiger partial charge in [0.1, 0.15) is 0 Å². The summed E-state index contributed by atoms with van der Waals surface area (Å²) >= 11 is 13.5. The van der Waals surface area contributed by atoms with Gasteiger partial charge in [-0.3, -0.25) is 9.59 Å². The maximum atomic E-state index is 12.0. The maximum absolute atomic E-state index is 12.0. The molecule has 0 radical (unpaired) electrons. The van der Waals surface area contributed by atoms with Gasteiger partial charge in [-0.1, -0.05) is 56.2 Å². The van der Waals surface area contributed by atoms with Crippen LogP contribution in [0.3, 0.4) is 0 Å². The molecule has 25 heavy (non-hydrogen) atoms. The van der Waals surface area contributed by atoms with Crippen molar-refractivity contribution in [1.82, 2.24) is 5.32 Å². The molecule has 0 aliphatic carbocycles. The van der Waals surface area contributed by atoms with Crippen LogP contribution in [-0.2, 0) is 16.0 Å². The van der Waals surface area contributed by atoms with Gasteiger partial charge in [0, 0.05) is 31.7 Å². The van der Waals surface area contributed by atoms with Crippen LogP contribution in [0, 0.1) is 0 Å². The minimum atomic E-state index is -0.0909. The number of carbonyl (C=O) groups excluding carboxylic acids is 2. The van der Waals surface area contributed by atoms with Crippen LogP contribution >= 0.6 is 55.4 Å². The molecule has 0 unspecified atom stereocenters. The van der Waals surface area contributed by atoms with E-state index >= 15 is 0 Å². The van der Waals surface area contributed by atoms with E-state index in [2.05, 4.69) is 37.2 Å². The summed E-state index contributed by atoms with van der Waals surface area (Å²) in [6.45, 7) is 0.238. The summed E-state index contributed by atoms with van der Waals surface area (Å²) in [7, 11) is 0. The second-order valence-corrected chi connectivity index (χ2v) is 8.69. The van der Waals surface area contributed by atoms with Gasteiger partial charge in [0.05, 0.1) is 6.42 Å². The molecule has 2 aromatic rings. The highest BCUT2D eigenvalue weighted by molar-refractivity contribution is 9.11. The number of thiophene rings is 1. The van der Waals surface area contributed by atoms with E-state index in [1.807, 2.05) is 35.7 Å². The lowest BCUT2D eigenvalue weighted by molar-refractivity contribution is -0.120. The number of nitrogens with one attached hydrogen (secondary N) is 1. The number of carbonyl (C=O) groups is 2. The fraction of sp³-hybridized carbons (Fsp3) is 0.167. The molecule has 0 bridgehead atoms. The highest BCUT2D eigenvalue weighted by atomic mass is 79.9. The highest BCUT2D eigenvalue weighted by Crippen LogP contribution is 2.20. The minimum Gasteiger partial charge on any atom is -0.351 e. The maximum Gasteiger partial charge on any atom is 0.225 e. The van der Waals surface area contributed by atoms with Crippen molar-refractivity contribution >= 4 is 78.0 Å². The Bertz CT molecular complexity index is 781. The zero-order valence-corrected chi connectivity index (χ0v) is 17.9. The molecule has 1 aromatic carbocycles. The van der Waals surface area contributed by atoms with E-state index in [0.717, 1.165) is 19.4 Å². The third-order valence-electron chi connectivity index (χ3n) is 3.12. The standard InChI is InChI=1S/C18H15Br2NO2S2/c19-13-6-12(7-14(20)8-13)3-4-15(22)9-16(24)11-21-18(23)10-17-2-1-5-25-17/h1-8H,9-11H2,(H,21,23)/b4-3+. The monoisotopic (exact) mass is 499 g/mol. The lowest BCUT2D eigenvalue weighted by Gasteiger charge is -2.04. The van der Waals surface area contributed by atoms with Crippen molar-refractivity contribution in [3.63, 3.8) is 0 Å². The molecule has 0 fully saturated rings. The Morgan fingerprint density at radius 3 is 2.56 bits per heavy atom. The highest BCUT2D eigenvalue weighted by Gasteiger charge is 2.07. The van der Waals surface area contributed by atoms with Gasteiger partial charge >= 0.3 is 0 Å². The first-order valence-corrected chi connectivity index (χ1v) is 10.3. The summed E-state index contributed by atoms with van der Waals surface area (Å²) in [5, 5.41) is 4.69. The first-order valence-electron chi connectivity index (χ1n) is 7.40. The van der Waals surface area contributed by atoms with Crippen LogP contribution in [0.15, 0.2) is 50.7 Å². The summed E-state index contributed by atoms with van der Waals surface area (Å²) < 4.78 is 1.86. The van der Waals surface area contributed by atoms with Crippen molar-refractivity contribution in [3.8, 4) is 0 Å². The molecule has 0 saturated carbocycles. The molecule has 0 atom stereocenters. The molecule has 2 rings (SSSR count). The molecule has 0 saturated heterocycles.